The highest BCUT2D eigenvalue weighted by Crippen LogP contribution is 2.34. The van der Waals surface area contributed by atoms with Crippen LogP contribution in [0.15, 0.2) is 53.4 Å². The van der Waals surface area contributed by atoms with Crippen molar-refractivity contribution in [1.82, 2.24) is 10.4 Å². The quantitative estimate of drug-likeness (QED) is 0.496. The highest BCUT2D eigenvalue weighted by Gasteiger charge is 2.33. The minimum atomic E-state index is -1.11. The number of rotatable bonds is 7. The Morgan fingerprint density at radius 2 is 1.93 bits per heavy atom. The largest absolute Gasteiger partial charge is 0.493 e. The molecular formula is C20H16N2O6S2. The molecule has 0 spiro atoms. The number of hydrazine groups is 1. The van der Waals surface area contributed by atoms with Gasteiger partial charge in [0.2, 0.25) is 0 Å². The van der Waals surface area contributed by atoms with Crippen LogP contribution in [0.2, 0.25) is 0 Å². The average molecular weight is 444 g/mol. The predicted octanol–water partition coefficient (Wildman–Crippen LogP) is 2.70. The predicted molar refractivity (Wildman–Crippen MR) is 115 cm³/mol. The molecule has 2 amide bonds. The smallest absolute Gasteiger partial charge is 0.341 e. The van der Waals surface area contributed by atoms with Crippen molar-refractivity contribution in [2.24, 2.45) is 0 Å². The van der Waals surface area contributed by atoms with Gasteiger partial charge >= 0.3 is 5.97 Å². The van der Waals surface area contributed by atoms with E-state index < -0.39 is 24.4 Å². The average Bonchev–Trinajstić information content (AvgIpc) is 3.00. The van der Waals surface area contributed by atoms with E-state index in [0.717, 1.165) is 16.8 Å². The second-order valence-electron chi connectivity index (χ2n) is 5.92. The first-order valence-corrected chi connectivity index (χ1v) is 9.78. The fourth-order valence-electron chi connectivity index (χ4n) is 2.50. The number of aliphatic carboxylic acids is 1. The van der Waals surface area contributed by atoms with Crippen LogP contribution in [-0.2, 0) is 9.59 Å². The van der Waals surface area contributed by atoms with Crippen LogP contribution in [-0.4, -0.2) is 45.9 Å². The van der Waals surface area contributed by atoms with E-state index in [9.17, 15) is 14.4 Å². The second kappa shape index (κ2) is 9.42. The molecule has 10 heteroatoms. The number of nitrogens with one attached hydrogen (secondary N) is 1. The summed E-state index contributed by atoms with van der Waals surface area (Å²) < 4.78 is 10.6. The van der Waals surface area contributed by atoms with Crippen molar-refractivity contribution in [1.29, 1.82) is 0 Å². The van der Waals surface area contributed by atoms with Crippen molar-refractivity contribution in [3.05, 3.63) is 64.6 Å². The van der Waals surface area contributed by atoms with Crippen molar-refractivity contribution < 1.29 is 29.0 Å². The molecule has 0 bridgehead atoms. The van der Waals surface area contributed by atoms with Gasteiger partial charge in [0.1, 0.15) is 0 Å². The lowest BCUT2D eigenvalue weighted by Crippen LogP contribution is -2.44. The topological polar surface area (TPSA) is 105 Å². The van der Waals surface area contributed by atoms with Gasteiger partial charge in [0, 0.05) is 5.56 Å². The molecule has 8 nitrogen and oxygen atoms in total. The molecule has 0 atom stereocenters. The van der Waals surface area contributed by atoms with E-state index in [1.165, 1.54) is 7.11 Å². The van der Waals surface area contributed by atoms with E-state index in [1.807, 2.05) is 0 Å². The number of nitrogens with zero attached hydrogens (tertiary/aromatic N) is 1. The summed E-state index contributed by atoms with van der Waals surface area (Å²) in [7, 11) is 1.42. The van der Waals surface area contributed by atoms with Gasteiger partial charge in [0.25, 0.3) is 11.8 Å². The molecule has 2 aromatic carbocycles. The third kappa shape index (κ3) is 4.97. The molecule has 0 radical (unpaired) electrons. The van der Waals surface area contributed by atoms with Gasteiger partial charge in [-0.3, -0.25) is 15.0 Å². The molecule has 0 aromatic heterocycles. The number of carbonyl (C=O) groups excluding carboxylic acids is 2. The van der Waals surface area contributed by atoms with Crippen LogP contribution in [0.25, 0.3) is 6.08 Å². The van der Waals surface area contributed by atoms with Crippen LogP contribution in [0.3, 0.4) is 0 Å². The summed E-state index contributed by atoms with van der Waals surface area (Å²) in [5.74, 6) is -1.44. The van der Waals surface area contributed by atoms with Gasteiger partial charge in [-0.2, -0.15) is 5.01 Å². The Morgan fingerprint density at radius 3 is 2.60 bits per heavy atom. The van der Waals surface area contributed by atoms with Crippen LogP contribution in [0.1, 0.15) is 15.9 Å². The van der Waals surface area contributed by atoms with E-state index in [2.05, 4.69) is 5.43 Å². The molecule has 30 heavy (non-hydrogen) atoms. The van der Waals surface area contributed by atoms with E-state index in [0.29, 0.717) is 21.8 Å². The first-order valence-electron chi connectivity index (χ1n) is 8.55. The highest BCUT2D eigenvalue weighted by atomic mass is 32.2. The molecule has 2 N–H and O–H groups in total. The maximum atomic E-state index is 12.7. The van der Waals surface area contributed by atoms with Crippen LogP contribution in [0.5, 0.6) is 11.5 Å². The van der Waals surface area contributed by atoms with Gasteiger partial charge in [0.15, 0.2) is 22.4 Å². The molecule has 0 aliphatic carbocycles. The molecule has 2 aromatic rings. The Balaban J connectivity index is 1.76. The summed E-state index contributed by atoms with van der Waals surface area (Å²) in [4.78, 5) is 36.0. The van der Waals surface area contributed by atoms with E-state index in [-0.39, 0.29) is 10.1 Å². The van der Waals surface area contributed by atoms with Gasteiger partial charge in [-0.05, 0) is 48.1 Å². The Kier molecular flexibility index (Phi) is 6.70. The Morgan fingerprint density at radius 1 is 1.20 bits per heavy atom. The highest BCUT2D eigenvalue weighted by molar-refractivity contribution is 8.26. The molecule has 1 fully saturated rings. The Hall–Kier alpha value is -3.37. The van der Waals surface area contributed by atoms with Crippen LogP contribution < -0.4 is 14.9 Å². The monoisotopic (exact) mass is 444 g/mol. The molecule has 1 heterocycles. The number of hydrogen-bond acceptors (Lipinski definition) is 7. The first-order chi connectivity index (χ1) is 14.4. The van der Waals surface area contributed by atoms with Crippen molar-refractivity contribution in [3.8, 4) is 11.5 Å². The van der Waals surface area contributed by atoms with E-state index in [4.69, 9.17) is 26.8 Å². The molecule has 154 valence electrons. The third-order valence-electron chi connectivity index (χ3n) is 3.88. The van der Waals surface area contributed by atoms with Gasteiger partial charge in [-0.25, -0.2) is 4.79 Å². The standard InChI is InChI=1S/C20H16N2O6S2/c1-27-15-9-12(7-8-14(15)28-11-17(23)24)10-16-19(26)22(20(29)30-16)21-18(25)13-5-3-2-4-6-13/h2-10H,11H2,1H3,(H,21,25)(H,23,24)/b16-10-. The summed E-state index contributed by atoms with van der Waals surface area (Å²) in [5.41, 5.74) is 3.53. The molecule has 3 rings (SSSR count). The van der Waals surface area contributed by atoms with Gasteiger partial charge < -0.3 is 14.6 Å². The first kappa shape index (κ1) is 21.3. The zero-order chi connectivity index (χ0) is 21.7. The number of thioether (sulfide) groups is 1. The summed E-state index contributed by atoms with van der Waals surface area (Å²) in [6.07, 6.45) is 1.59. The van der Waals surface area contributed by atoms with Crippen LogP contribution >= 0.6 is 24.0 Å². The minimum absolute atomic E-state index is 0.198. The Bertz CT molecular complexity index is 1040. The van der Waals surface area contributed by atoms with Crippen LogP contribution in [0, 0.1) is 0 Å². The van der Waals surface area contributed by atoms with Gasteiger partial charge in [0.05, 0.1) is 12.0 Å². The zero-order valence-electron chi connectivity index (χ0n) is 15.7. The van der Waals surface area contributed by atoms with E-state index in [1.54, 1.807) is 54.6 Å². The van der Waals surface area contributed by atoms with Crippen molar-refractivity contribution >= 4 is 52.2 Å². The lowest BCUT2D eigenvalue weighted by molar-refractivity contribution is -0.139. The summed E-state index contributed by atoms with van der Waals surface area (Å²) in [5, 5.41) is 9.76. The molecule has 1 aliphatic heterocycles. The van der Waals surface area contributed by atoms with Crippen molar-refractivity contribution in [2.75, 3.05) is 13.7 Å². The van der Waals surface area contributed by atoms with Crippen LogP contribution in [0.4, 0.5) is 0 Å². The molecule has 0 unspecified atom stereocenters. The summed E-state index contributed by atoms with van der Waals surface area (Å²) in [6.45, 7) is -0.504. The van der Waals surface area contributed by atoms with Gasteiger partial charge in [-0.15, -0.1) is 0 Å². The minimum Gasteiger partial charge on any atom is -0.493 e. The van der Waals surface area contributed by atoms with Gasteiger partial charge in [-0.1, -0.05) is 36.0 Å². The molecule has 1 saturated heterocycles. The van der Waals surface area contributed by atoms with Crippen molar-refractivity contribution in [2.45, 2.75) is 0 Å². The number of carbonyl (C=O) groups is 3. The number of carboxylic acids is 1. The normalized spacial score (nSPS) is 14.7. The number of ether oxygens (including phenoxy) is 2. The number of methoxy groups -OCH3 is 1. The molecule has 1 aliphatic rings. The lowest BCUT2D eigenvalue weighted by Gasteiger charge is -2.15. The fraction of sp³-hybridized carbons (Fsp3) is 0.100. The lowest BCUT2D eigenvalue weighted by atomic mass is 10.2. The number of amides is 2. The zero-order valence-corrected chi connectivity index (χ0v) is 17.3. The maximum Gasteiger partial charge on any atom is 0.341 e. The second-order valence-corrected chi connectivity index (χ2v) is 7.59. The number of carboxylic acid groups (broad SMARTS) is 1. The SMILES string of the molecule is COc1cc(/C=C2\SC(=S)N(NC(=O)c3ccccc3)C2=O)ccc1OCC(=O)O. The number of benzene rings is 2. The number of hydrogen-bond donors (Lipinski definition) is 2. The van der Waals surface area contributed by atoms with E-state index >= 15 is 0 Å². The molecule has 0 saturated carbocycles. The molecular weight excluding hydrogens is 428 g/mol. The van der Waals surface area contributed by atoms with Crippen molar-refractivity contribution in [3.63, 3.8) is 0 Å². The fourth-order valence-corrected chi connectivity index (χ4v) is 3.68. The number of thiocarbonyl (C=S) groups is 1. The summed E-state index contributed by atoms with van der Waals surface area (Å²) >= 11 is 6.27. The third-order valence-corrected chi connectivity index (χ3v) is 5.18. The Labute approximate surface area is 181 Å². The summed E-state index contributed by atoms with van der Waals surface area (Å²) in [6, 6.07) is 13.3. The maximum absolute atomic E-state index is 12.7.